The highest BCUT2D eigenvalue weighted by molar-refractivity contribution is 7.13. The average molecular weight is 355 g/mol. The SMILES string of the molecule is c1ccc(-c2csc(-n3cc(-c4cncc5ccccc45)nn3)c2)nc1. The second-order valence-electron chi connectivity index (χ2n) is 5.85. The molecule has 0 aliphatic heterocycles. The van der Waals surface area contributed by atoms with Crippen LogP contribution in [0.15, 0.2) is 78.7 Å². The predicted octanol–water partition coefficient (Wildman–Crippen LogP) is 4.61. The van der Waals surface area contributed by atoms with Gasteiger partial charge in [0.05, 0.1) is 11.9 Å². The van der Waals surface area contributed by atoms with Gasteiger partial charge in [-0.1, -0.05) is 35.5 Å². The van der Waals surface area contributed by atoms with E-state index >= 15 is 0 Å². The van der Waals surface area contributed by atoms with Crippen LogP contribution >= 0.6 is 11.3 Å². The number of pyridine rings is 2. The van der Waals surface area contributed by atoms with Crippen LogP contribution in [0.1, 0.15) is 0 Å². The van der Waals surface area contributed by atoms with Crippen LogP contribution in [0.5, 0.6) is 0 Å². The Morgan fingerprint density at radius 3 is 2.77 bits per heavy atom. The van der Waals surface area contributed by atoms with Gasteiger partial charge in [-0.05, 0) is 23.6 Å². The molecule has 5 nitrogen and oxygen atoms in total. The fourth-order valence-corrected chi connectivity index (χ4v) is 3.76. The van der Waals surface area contributed by atoms with Crippen molar-refractivity contribution < 1.29 is 0 Å². The molecule has 0 spiro atoms. The highest BCUT2D eigenvalue weighted by Crippen LogP contribution is 2.29. The molecule has 5 rings (SSSR count). The molecule has 0 radical (unpaired) electrons. The van der Waals surface area contributed by atoms with E-state index in [0.717, 1.165) is 38.3 Å². The maximum Gasteiger partial charge on any atom is 0.120 e. The monoisotopic (exact) mass is 355 g/mol. The molecule has 0 atom stereocenters. The minimum atomic E-state index is 0.807. The maximum atomic E-state index is 4.40. The van der Waals surface area contributed by atoms with Crippen LogP contribution in [0.25, 0.3) is 38.3 Å². The van der Waals surface area contributed by atoms with Gasteiger partial charge in [0.15, 0.2) is 0 Å². The van der Waals surface area contributed by atoms with E-state index in [1.165, 1.54) is 0 Å². The van der Waals surface area contributed by atoms with Gasteiger partial charge in [0.25, 0.3) is 0 Å². The van der Waals surface area contributed by atoms with Crippen LogP contribution in [0.2, 0.25) is 0 Å². The molecule has 0 aliphatic carbocycles. The number of nitrogens with zero attached hydrogens (tertiary/aromatic N) is 5. The first kappa shape index (κ1) is 14.9. The van der Waals surface area contributed by atoms with E-state index in [2.05, 4.69) is 43.9 Å². The van der Waals surface area contributed by atoms with E-state index in [9.17, 15) is 0 Å². The van der Waals surface area contributed by atoms with Gasteiger partial charge in [-0.3, -0.25) is 9.97 Å². The fourth-order valence-electron chi connectivity index (χ4n) is 2.93. The molecule has 124 valence electrons. The normalized spacial score (nSPS) is 11.1. The van der Waals surface area contributed by atoms with Crippen molar-refractivity contribution in [1.29, 1.82) is 0 Å². The highest BCUT2D eigenvalue weighted by Gasteiger charge is 2.11. The van der Waals surface area contributed by atoms with Crippen molar-refractivity contribution in [2.24, 2.45) is 0 Å². The lowest BCUT2D eigenvalue weighted by Gasteiger charge is -2.01. The summed E-state index contributed by atoms with van der Waals surface area (Å²) in [5.41, 5.74) is 3.82. The molecule has 0 unspecified atom stereocenters. The molecule has 4 heterocycles. The van der Waals surface area contributed by atoms with E-state index in [1.54, 1.807) is 22.2 Å². The predicted molar refractivity (Wildman–Crippen MR) is 103 cm³/mol. The number of thiophene rings is 1. The first-order valence-electron chi connectivity index (χ1n) is 8.14. The number of benzene rings is 1. The number of fused-ring (bicyclic) bond motifs is 1. The van der Waals surface area contributed by atoms with Gasteiger partial charge in [-0.15, -0.1) is 16.4 Å². The summed E-state index contributed by atoms with van der Waals surface area (Å²) in [6, 6.07) is 16.1. The van der Waals surface area contributed by atoms with Gasteiger partial charge in [-0.25, -0.2) is 4.68 Å². The summed E-state index contributed by atoms with van der Waals surface area (Å²) < 4.78 is 1.80. The van der Waals surface area contributed by atoms with Crippen LogP contribution in [-0.2, 0) is 0 Å². The Labute approximate surface area is 153 Å². The number of aromatic nitrogens is 5. The average Bonchev–Trinajstić information content (AvgIpc) is 3.38. The van der Waals surface area contributed by atoms with Gasteiger partial charge in [-0.2, -0.15) is 0 Å². The molecule has 6 heteroatoms. The Bertz CT molecular complexity index is 1190. The minimum Gasteiger partial charge on any atom is -0.263 e. The zero-order valence-corrected chi connectivity index (χ0v) is 14.5. The van der Waals surface area contributed by atoms with E-state index in [1.807, 2.05) is 48.9 Å². The van der Waals surface area contributed by atoms with Gasteiger partial charge in [0, 0.05) is 40.5 Å². The number of hydrogen-bond acceptors (Lipinski definition) is 5. The van der Waals surface area contributed by atoms with E-state index in [-0.39, 0.29) is 0 Å². The third-order valence-corrected chi connectivity index (χ3v) is 5.13. The van der Waals surface area contributed by atoms with Crippen molar-refractivity contribution in [2.45, 2.75) is 0 Å². The van der Waals surface area contributed by atoms with Crippen molar-refractivity contribution in [1.82, 2.24) is 25.0 Å². The lowest BCUT2D eigenvalue weighted by atomic mass is 10.1. The Kier molecular flexibility index (Phi) is 3.54. The number of rotatable bonds is 3. The van der Waals surface area contributed by atoms with Gasteiger partial charge in [0.1, 0.15) is 10.7 Å². The summed E-state index contributed by atoms with van der Waals surface area (Å²) in [7, 11) is 0. The fraction of sp³-hybridized carbons (Fsp3) is 0. The summed E-state index contributed by atoms with van der Waals surface area (Å²) in [5.74, 6) is 0. The lowest BCUT2D eigenvalue weighted by Crippen LogP contribution is -1.90. The second kappa shape index (κ2) is 6.16. The van der Waals surface area contributed by atoms with Crippen LogP contribution in [0, 0.1) is 0 Å². The van der Waals surface area contributed by atoms with Crippen molar-refractivity contribution in [3.05, 3.63) is 78.7 Å². The van der Waals surface area contributed by atoms with E-state index < -0.39 is 0 Å². The van der Waals surface area contributed by atoms with Crippen molar-refractivity contribution in [3.8, 4) is 27.5 Å². The highest BCUT2D eigenvalue weighted by atomic mass is 32.1. The molecule has 0 aliphatic rings. The summed E-state index contributed by atoms with van der Waals surface area (Å²) in [5, 5.41) is 14.0. The molecule has 4 aromatic heterocycles. The summed E-state index contributed by atoms with van der Waals surface area (Å²) >= 11 is 1.61. The van der Waals surface area contributed by atoms with Crippen molar-refractivity contribution >= 4 is 22.1 Å². The molecule has 5 aromatic rings. The largest absolute Gasteiger partial charge is 0.263 e. The molecule has 0 bridgehead atoms. The Morgan fingerprint density at radius 2 is 1.85 bits per heavy atom. The maximum absolute atomic E-state index is 4.40. The quantitative estimate of drug-likeness (QED) is 0.474. The molecule has 0 N–H and O–H groups in total. The van der Waals surface area contributed by atoms with E-state index in [4.69, 9.17) is 0 Å². The van der Waals surface area contributed by atoms with Crippen molar-refractivity contribution in [3.63, 3.8) is 0 Å². The first-order chi connectivity index (χ1) is 12.9. The third-order valence-electron chi connectivity index (χ3n) is 4.21. The minimum absolute atomic E-state index is 0.807. The zero-order chi connectivity index (χ0) is 17.3. The summed E-state index contributed by atoms with van der Waals surface area (Å²) in [6.45, 7) is 0. The topological polar surface area (TPSA) is 56.5 Å². The van der Waals surface area contributed by atoms with Gasteiger partial charge >= 0.3 is 0 Å². The smallest absolute Gasteiger partial charge is 0.120 e. The van der Waals surface area contributed by atoms with Crippen LogP contribution in [-0.4, -0.2) is 25.0 Å². The third kappa shape index (κ3) is 2.57. The molecule has 0 saturated carbocycles. The lowest BCUT2D eigenvalue weighted by molar-refractivity contribution is 0.815. The Hall–Kier alpha value is -3.38. The molecular weight excluding hydrogens is 342 g/mol. The number of hydrogen-bond donors (Lipinski definition) is 0. The van der Waals surface area contributed by atoms with Crippen LogP contribution in [0.3, 0.4) is 0 Å². The standard InChI is InChI=1S/C20H13N5S/c1-2-6-16-14(5-1)10-21-11-17(16)19-12-25(24-23-19)20-9-15(13-26-20)18-7-3-4-8-22-18/h1-13H. The summed E-state index contributed by atoms with van der Waals surface area (Å²) in [6.07, 6.45) is 7.44. The molecule has 1 aromatic carbocycles. The Morgan fingerprint density at radius 1 is 0.923 bits per heavy atom. The Balaban J connectivity index is 1.54. The first-order valence-corrected chi connectivity index (χ1v) is 9.02. The summed E-state index contributed by atoms with van der Waals surface area (Å²) in [4.78, 5) is 8.73. The molecule has 0 saturated heterocycles. The van der Waals surface area contributed by atoms with Crippen molar-refractivity contribution in [2.75, 3.05) is 0 Å². The van der Waals surface area contributed by atoms with Gasteiger partial charge < -0.3 is 0 Å². The molecular formula is C20H13N5S. The molecule has 0 amide bonds. The zero-order valence-electron chi connectivity index (χ0n) is 13.6. The molecule has 0 fully saturated rings. The molecule has 26 heavy (non-hydrogen) atoms. The van der Waals surface area contributed by atoms with Crippen LogP contribution < -0.4 is 0 Å². The van der Waals surface area contributed by atoms with Crippen LogP contribution in [0.4, 0.5) is 0 Å². The van der Waals surface area contributed by atoms with E-state index in [0.29, 0.717) is 0 Å². The van der Waals surface area contributed by atoms with Gasteiger partial charge in [0.2, 0.25) is 0 Å². The second-order valence-corrected chi connectivity index (χ2v) is 6.73.